The Morgan fingerprint density at radius 2 is 2.00 bits per heavy atom. The van der Waals surface area contributed by atoms with Crippen LogP contribution in [0, 0.1) is 13.8 Å². The van der Waals surface area contributed by atoms with Crippen molar-refractivity contribution in [3.63, 3.8) is 0 Å². The minimum Gasteiger partial charge on any atom is -0.453 e. The lowest BCUT2D eigenvalue weighted by Gasteiger charge is -2.07. The molecule has 0 aliphatic heterocycles. The molecule has 1 N–H and O–H groups in total. The average molecular weight is 410 g/mol. The van der Waals surface area contributed by atoms with Gasteiger partial charge in [-0.2, -0.15) is 0 Å². The van der Waals surface area contributed by atoms with E-state index in [-0.39, 0.29) is 18.1 Å². The van der Waals surface area contributed by atoms with Crippen LogP contribution in [0.3, 0.4) is 0 Å². The van der Waals surface area contributed by atoms with Crippen molar-refractivity contribution in [2.24, 2.45) is 0 Å². The lowest BCUT2D eigenvalue weighted by Crippen LogP contribution is -2.15. The highest BCUT2D eigenvalue weighted by Crippen LogP contribution is 2.38. The van der Waals surface area contributed by atoms with Crippen molar-refractivity contribution in [1.82, 2.24) is 9.55 Å². The molecule has 1 aliphatic carbocycles. The molecule has 0 bridgehead atoms. The largest absolute Gasteiger partial charge is 0.453 e. The van der Waals surface area contributed by atoms with Gasteiger partial charge in [0.25, 0.3) is 0 Å². The lowest BCUT2D eigenvalue weighted by atomic mass is 10.1. The van der Waals surface area contributed by atoms with Crippen molar-refractivity contribution in [3.8, 4) is 0 Å². The molecule has 0 amide bonds. The molecule has 1 saturated carbocycles. The maximum atomic E-state index is 12.6. The Labute approximate surface area is 173 Å². The van der Waals surface area contributed by atoms with E-state index in [1.807, 2.05) is 50.2 Å². The molecular formula is C22H23N3O3S. The van der Waals surface area contributed by atoms with Crippen LogP contribution in [0.25, 0.3) is 0 Å². The summed E-state index contributed by atoms with van der Waals surface area (Å²) in [6.07, 6.45) is 2.31. The number of nitrogens with one attached hydrogen (secondary N) is 1. The minimum atomic E-state index is -0.585. The van der Waals surface area contributed by atoms with Crippen molar-refractivity contribution in [2.75, 3.05) is 11.9 Å². The second kappa shape index (κ2) is 8.21. The van der Waals surface area contributed by atoms with Crippen molar-refractivity contribution in [3.05, 3.63) is 70.0 Å². The molecule has 0 atom stereocenters. The monoisotopic (exact) mass is 409 g/mol. The van der Waals surface area contributed by atoms with E-state index >= 15 is 0 Å². The first kappa shape index (κ1) is 19.4. The lowest BCUT2D eigenvalue weighted by molar-refractivity contribution is 0.0469. The van der Waals surface area contributed by atoms with Crippen LogP contribution in [-0.2, 0) is 11.3 Å². The molecule has 0 unspecified atom stereocenters. The zero-order valence-corrected chi connectivity index (χ0v) is 17.3. The molecule has 4 rings (SSSR count). The van der Waals surface area contributed by atoms with Gasteiger partial charge in [-0.15, -0.1) is 11.3 Å². The van der Waals surface area contributed by atoms with Gasteiger partial charge < -0.3 is 14.6 Å². The van der Waals surface area contributed by atoms with E-state index in [2.05, 4.69) is 14.9 Å². The number of ether oxygens (including phenoxy) is 1. The first-order valence-electron chi connectivity index (χ1n) is 9.65. The van der Waals surface area contributed by atoms with Gasteiger partial charge in [0, 0.05) is 34.9 Å². The Morgan fingerprint density at radius 3 is 2.72 bits per heavy atom. The van der Waals surface area contributed by atoms with Crippen molar-refractivity contribution >= 4 is 28.2 Å². The predicted molar refractivity (Wildman–Crippen MR) is 113 cm³/mol. The van der Waals surface area contributed by atoms with E-state index in [1.54, 1.807) is 5.38 Å². The number of ketones is 1. The molecule has 0 spiro atoms. The zero-order valence-electron chi connectivity index (χ0n) is 16.5. The van der Waals surface area contributed by atoms with Crippen molar-refractivity contribution in [2.45, 2.75) is 39.3 Å². The van der Waals surface area contributed by atoms with E-state index in [4.69, 9.17) is 4.74 Å². The Kier molecular flexibility index (Phi) is 5.49. The Balaban J connectivity index is 1.32. The SMILES string of the molecule is Cc1cc(C(=O)COC(=O)c2csc(NCc3ccccc3)n2)c(C)n1C1CC1. The number of carbonyl (C=O) groups excluding carboxylic acids is 2. The molecule has 0 saturated heterocycles. The van der Waals surface area contributed by atoms with E-state index in [0.29, 0.717) is 23.3 Å². The number of nitrogens with zero attached hydrogens (tertiary/aromatic N) is 2. The predicted octanol–water partition coefficient (Wildman–Crippen LogP) is 4.55. The number of benzene rings is 1. The molecule has 6 nitrogen and oxygen atoms in total. The summed E-state index contributed by atoms with van der Waals surface area (Å²) in [5.74, 6) is -0.769. The molecule has 29 heavy (non-hydrogen) atoms. The van der Waals surface area contributed by atoms with Gasteiger partial charge in [-0.25, -0.2) is 9.78 Å². The van der Waals surface area contributed by atoms with Gasteiger partial charge in [0.15, 0.2) is 17.4 Å². The number of anilines is 1. The molecule has 1 fully saturated rings. The first-order valence-corrected chi connectivity index (χ1v) is 10.5. The van der Waals surface area contributed by atoms with Crippen molar-refractivity contribution < 1.29 is 14.3 Å². The summed E-state index contributed by atoms with van der Waals surface area (Å²) in [6.45, 7) is 4.30. The number of hydrogen-bond acceptors (Lipinski definition) is 6. The third kappa shape index (κ3) is 4.40. The molecular weight excluding hydrogens is 386 g/mol. The minimum absolute atomic E-state index is 0.184. The summed E-state index contributed by atoms with van der Waals surface area (Å²) in [5, 5.41) is 5.47. The third-order valence-electron chi connectivity index (χ3n) is 5.03. The van der Waals surface area contributed by atoms with Gasteiger partial charge in [-0.3, -0.25) is 4.79 Å². The van der Waals surface area contributed by atoms with E-state index in [1.165, 1.54) is 11.3 Å². The van der Waals surface area contributed by atoms with Gasteiger partial charge in [0.2, 0.25) is 5.78 Å². The standard InChI is InChI=1S/C22H23N3O3S/c1-14-10-18(15(2)25(14)17-8-9-17)20(26)12-28-21(27)19-13-29-22(24-19)23-11-16-6-4-3-5-7-16/h3-7,10,13,17H,8-9,11-12H2,1-2H3,(H,23,24). The molecule has 2 heterocycles. The first-order chi connectivity index (χ1) is 14.0. The topological polar surface area (TPSA) is 73.2 Å². The highest BCUT2D eigenvalue weighted by atomic mass is 32.1. The number of carbonyl (C=O) groups is 2. The molecule has 3 aromatic rings. The fourth-order valence-electron chi connectivity index (χ4n) is 3.46. The van der Waals surface area contributed by atoms with Crippen LogP contribution in [0.5, 0.6) is 0 Å². The number of hydrogen-bond donors (Lipinski definition) is 1. The third-order valence-corrected chi connectivity index (χ3v) is 5.83. The van der Waals surface area contributed by atoms with E-state index in [0.717, 1.165) is 29.8 Å². The molecule has 1 aromatic carbocycles. The second-order valence-corrected chi connectivity index (χ2v) is 8.12. The van der Waals surface area contributed by atoms with Crippen LogP contribution < -0.4 is 5.32 Å². The quantitative estimate of drug-likeness (QED) is 0.436. The van der Waals surface area contributed by atoms with Gasteiger partial charge >= 0.3 is 5.97 Å². The van der Waals surface area contributed by atoms with Gasteiger partial charge in [0.1, 0.15) is 0 Å². The van der Waals surface area contributed by atoms with Gasteiger partial charge in [-0.05, 0) is 38.3 Å². The van der Waals surface area contributed by atoms with Crippen LogP contribution in [0.4, 0.5) is 5.13 Å². The summed E-state index contributed by atoms with van der Waals surface area (Å²) in [7, 11) is 0. The maximum absolute atomic E-state index is 12.6. The van der Waals surface area contributed by atoms with Crippen LogP contribution in [-0.4, -0.2) is 27.9 Å². The highest BCUT2D eigenvalue weighted by Gasteiger charge is 2.28. The summed E-state index contributed by atoms with van der Waals surface area (Å²) < 4.78 is 7.43. The fourth-order valence-corrected chi connectivity index (χ4v) is 4.14. The average Bonchev–Trinajstić information content (AvgIpc) is 3.35. The van der Waals surface area contributed by atoms with Crippen LogP contribution >= 0.6 is 11.3 Å². The number of thiazole rings is 1. The normalized spacial score (nSPS) is 13.3. The second-order valence-electron chi connectivity index (χ2n) is 7.26. The fraction of sp³-hybridized carbons (Fsp3) is 0.318. The number of esters is 1. The van der Waals surface area contributed by atoms with Gasteiger partial charge in [0.05, 0.1) is 0 Å². The maximum Gasteiger partial charge on any atom is 0.358 e. The number of rotatable bonds is 8. The smallest absolute Gasteiger partial charge is 0.358 e. The summed E-state index contributed by atoms with van der Waals surface area (Å²) in [6, 6.07) is 12.3. The van der Waals surface area contributed by atoms with E-state index < -0.39 is 5.97 Å². The summed E-state index contributed by atoms with van der Waals surface area (Å²) >= 11 is 1.33. The highest BCUT2D eigenvalue weighted by molar-refractivity contribution is 7.13. The Morgan fingerprint density at radius 1 is 1.24 bits per heavy atom. The van der Waals surface area contributed by atoms with Crippen LogP contribution in [0.2, 0.25) is 0 Å². The summed E-state index contributed by atoms with van der Waals surface area (Å²) in [4.78, 5) is 29.1. The zero-order chi connectivity index (χ0) is 20.4. The van der Waals surface area contributed by atoms with Crippen LogP contribution in [0.1, 0.15) is 56.7 Å². The van der Waals surface area contributed by atoms with Crippen molar-refractivity contribution in [1.29, 1.82) is 0 Å². The van der Waals surface area contributed by atoms with E-state index in [9.17, 15) is 9.59 Å². The number of aryl methyl sites for hydroxylation is 1. The molecule has 0 radical (unpaired) electrons. The molecule has 7 heteroatoms. The Bertz CT molecular complexity index is 1040. The Hall–Kier alpha value is -2.93. The number of Topliss-reactive ketones (excluding diaryl/α,β-unsaturated/α-hetero) is 1. The van der Waals surface area contributed by atoms with Gasteiger partial charge in [-0.1, -0.05) is 30.3 Å². The molecule has 150 valence electrons. The number of aromatic nitrogens is 2. The van der Waals surface area contributed by atoms with Crippen LogP contribution in [0.15, 0.2) is 41.8 Å². The summed E-state index contributed by atoms with van der Waals surface area (Å²) in [5.41, 5.74) is 3.99. The molecule has 2 aromatic heterocycles. The molecule has 1 aliphatic rings.